The number of furan rings is 1. The minimum absolute atomic E-state index is 0.126. The molecule has 0 bridgehead atoms. The number of nitrogens with one attached hydrogen (secondary N) is 1. The van der Waals surface area contributed by atoms with E-state index in [1.54, 1.807) is 17.1 Å². The van der Waals surface area contributed by atoms with Crippen molar-refractivity contribution in [1.82, 2.24) is 14.8 Å². The van der Waals surface area contributed by atoms with E-state index in [0.29, 0.717) is 0 Å². The summed E-state index contributed by atoms with van der Waals surface area (Å²) in [6.07, 6.45) is 5.39. The maximum atomic E-state index is 5.60. The molecule has 0 saturated heterocycles. The van der Waals surface area contributed by atoms with Gasteiger partial charge in [-0.2, -0.15) is 5.10 Å². The van der Waals surface area contributed by atoms with Gasteiger partial charge in [0.05, 0.1) is 11.7 Å². The monoisotopic (exact) mass is 282 g/mol. The zero-order valence-corrected chi connectivity index (χ0v) is 12.4. The first-order valence-electron chi connectivity index (χ1n) is 6.93. The Labute approximate surface area is 123 Å². The van der Waals surface area contributed by atoms with Gasteiger partial charge in [0.25, 0.3) is 0 Å². The topological polar surface area (TPSA) is 55.9 Å². The average Bonchev–Trinajstić information content (AvgIpc) is 3.09. The summed E-state index contributed by atoms with van der Waals surface area (Å²) in [4.78, 5) is 4.41. The molecule has 0 aliphatic heterocycles. The summed E-state index contributed by atoms with van der Waals surface area (Å²) < 4.78 is 7.36. The van der Waals surface area contributed by atoms with Crippen molar-refractivity contribution in [3.8, 4) is 5.82 Å². The quantitative estimate of drug-likeness (QED) is 0.793. The highest BCUT2D eigenvalue weighted by Crippen LogP contribution is 2.26. The smallest absolute Gasteiger partial charge is 0.176 e. The van der Waals surface area contributed by atoms with Crippen molar-refractivity contribution in [2.45, 2.75) is 26.8 Å². The van der Waals surface area contributed by atoms with Crippen molar-refractivity contribution in [3.63, 3.8) is 0 Å². The average molecular weight is 282 g/mol. The predicted octanol–water partition coefficient (Wildman–Crippen LogP) is 3.65. The molecule has 1 N–H and O–H groups in total. The van der Waals surface area contributed by atoms with E-state index in [4.69, 9.17) is 4.42 Å². The van der Waals surface area contributed by atoms with Crippen LogP contribution in [0.25, 0.3) is 5.82 Å². The van der Waals surface area contributed by atoms with Gasteiger partial charge < -0.3 is 9.73 Å². The Bertz CT molecular complexity index is 731. The molecule has 0 radical (unpaired) electrons. The SMILES string of the molecule is Cc1cc(C(C)Nc2cccnc2-n2cccn2)c(C)o1. The fraction of sp³-hybridized carbons (Fsp3) is 0.250. The zero-order chi connectivity index (χ0) is 14.8. The summed E-state index contributed by atoms with van der Waals surface area (Å²) in [7, 11) is 0. The lowest BCUT2D eigenvalue weighted by molar-refractivity contribution is 0.500. The van der Waals surface area contributed by atoms with Crippen molar-refractivity contribution in [1.29, 1.82) is 0 Å². The summed E-state index contributed by atoms with van der Waals surface area (Å²) in [5.74, 6) is 2.65. The summed E-state index contributed by atoms with van der Waals surface area (Å²) in [5.41, 5.74) is 2.09. The van der Waals surface area contributed by atoms with Crippen LogP contribution in [0, 0.1) is 13.8 Å². The molecule has 0 spiro atoms. The van der Waals surface area contributed by atoms with E-state index >= 15 is 0 Å². The molecule has 3 rings (SSSR count). The number of rotatable bonds is 4. The molecular weight excluding hydrogens is 264 g/mol. The van der Waals surface area contributed by atoms with Crippen molar-refractivity contribution in [3.05, 3.63) is 59.9 Å². The van der Waals surface area contributed by atoms with Gasteiger partial charge in [-0.1, -0.05) is 0 Å². The van der Waals surface area contributed by atoms with Gasteiger partial charge in [0.2, 0.25) is 0 Å². The maximum Gasteiger partial charge on any atom is 0.176 e. The number of hydrogen-bond acceptors (Lipinski definition) is 4. The lowest BCUT2D eigenvalue weighted by Gasteiger charge is -2.17. The van der Waals surface area contributed by atoms with Crippen molar-refractivity contribution < 1.29 is 4.42 Å². The van der Waals surface area contributed by atoms with Crippen molar-refractivity contribution in [2.75, 3.05) is 5.32 Å². The maximum absolute atomic E-state index is 5.60. The Balaban J connectivity index is 1.90. The van der Waals surface area contributed by atoms with Crippen LogP contribution >= 0.6 is 0 Å². The molecule has 0 aromatic carbocycles. The van der Waals surface area contributed by atoms with Gasteiger partial charge in [0, 0.05) is 24.2 Å². The Morgan fingerprint density at radius 3 is 2.76 bits per heavy atom. The van der Waals surface area contributed by atoms with Crippen molar-refractivity contribution in [2.24, 2.45) is 0 Å². The molecule has 3 heterocycles. The third-order valence-electron chi connectivity index (χ3n) is 3.43. The summed E-state index contributed by atoms with van der Waals surface area (Å²) in [5, 5.41) is 7.73. The molecule has 0 saturated carbocycles. The number of anilines is 1. The lowest BCUT2D eigenvalue weighted by Crippen LogP contribution is -2.10. The Hall–Kier alpha value is -2.56. The van der Waals surface area contributed by atoms with Crippen LogP contribution in [0.15, 0.2) is 47.3 Å². The van der Waals surface area contributed by atoms with E-state index in [-0.39, 0.29) is 6.04 Å². The molecule has 21 heavy (non-hydrogen) atoms. The highest BCUT2D eigenvalue weighted by Gasteiger charge is 2.15. The molecule has 0 aliphatic rings. The van der Waals surface area contributed by atoms with Crippen LogP contribution in [0.5, 0.6) is 0 Å². The number of pyridine rings is 1. The first kappa shape index (κ1) is 13.4. The van der Waals surface area contributed by atoms with Crippen LogP contribution in [0.2, 0.25) is 0 Å². The Morgan fingerprint density at radius 2 is 2.10 bits per heavy atom. The van der Waals surface area contributed by atoms with E-state index in [9.17, 15) is 0 Å². The lowest BCUT2D eigenvalue weighted by atomic mass is 10.1. The third-order valence-corrected chi connectivity index (χ3v) is 3.43. The second-order valence-electron chi connectivity index (χ2n) is 5.06. The number of hydrogen-bond donors (Lipinski definition) is 1. The van der Waals surface area contributed by atoms with Gasteiger partial charge in [-0.3, -0.25) is 0 Å². The van der Waals surface area contributed by atoms with Crippen molar-refractivity contribution >= 4 is 5.69 Å². The molecule has 1 atom stereocenters. The minimum Gasteiger partial charge on any atom is -0.466 e. The molecule has 0 amide bonds. The fourth-order valence-corrected chi connectivity index (χ4v) is 2.48. The van der Waals surface area contributed by atoms with E-state index < -0.39 is 0 Å². The van der Waals surface area contributed by atoms with Crippen LogP contribution < -0.4 is 5.32 Å². The zero-order valence-electron chi connectivity index (χ0n) is 12.4. The molecule has 0 aliphatic carbocycles. The van der Waals surface area contributed by atoms with E-state index in [2.05, 4.69) is 28.4 Å². The molecule has 3 aromatic rings. The van der Waals surface area contributed by atoms with Crippen LogP contribution in [0.4, 0.5) is 5.69 Å². The van der Waals surface area contributed by atoms with Crippen LogP contribution in [-0.2, 0) is 0 Å². The highest BCUT2D eigenvalue weighted by atomic mass is 16.3. The Kier molecular flexibility index (Phi) is 3.48. The van der Waals surface area contributed by atoms with Gasteiger partial charge in [-0.15, -0.1) is 0 Å². The number of aryl methyl sites for hydroxylation is 2. The fourth-order valence-electron chi connectivity index (χ4n) is 2.48. The number of nitrogens with zero attached hydrogens (tertiary/aromatic N) is 3. The van der Waals surface area contributed by atoms with E-state index in [1.165, 1.54) is 0 Å². The predicted molar refractivity (Wildman–Crippen MR) is 81.6 cm³/mol. The second-order valence-corrected chi connectivity index (χ2v) is 5.06. The van der Waals surface area contributed by atoms with E-state index in [0.717, 1.165) is 28.6 Å². The standard InChI is InChI=1S/C16H18N4O/c1-11-10-14(13(3)21-11)12(2)19-15-6-4-7-17-16(15)20-9-5-8-18-20/h4-10,12,19H,1-3H3. The highest BCUT2D eigenvalue weighted by molar-refractivity contribution is 5.57. The third kappa shape index (κ3) is 2.67. The molecule has 0 fully saturated rings. The van der Waals surface area contributed by atoms with E-state index in [1.807, 2.05) is 38.2 Å². The second kappa shape index (κ2) is 5.44. The molecule has 5 heteroatoms. The van der Waals surface area contributed by atoms with Gasteiger partial charge >= 0.3 is 0 Å². The number of aromatic nitrogens is 3. The molecule has 108 valence electrons. The largest absolute Gasteiger partial charge is 0.466 e. The van der Waals surface area contributed by atoms with Crippen LogP contribution in [-0.4, -0.2) is 14.8 Å². The van der Waals surface area contributed by atoms with Gasteiger partial charge in [-0.05, 0) is 45.0 Å². The first-order chi connectivity index (χ1) is 10.1. The molecule has 3 aromatic heterocycles. The van der Waals surface area contributed by atoms with Crippen LogP contribution in [0.3, 0.4) is 0 Å². The molecule has 5 nitrogen and oxygen atoms in total. The van der Waals surface area contributed by atoms with Gasteiger partial charge in [0.1, 0.15) is 11.5 Å². The summed E-state index contributed by atoms with van der Waals surface area (Å²) >= 11 is 0. The minimum atomic E-state index is 0.126. The Morgan fingerprint density at radius 1 is 1.24 bits per heavy atom. The normalized spacial score (nSPS) is 12.3. The van der Waals surface area contributed by atoms with Gasteiger partial charge in [0.15, 0.2) is 5.82 Å². The first-order valence-corrected chi connectivity index (χ1v) is 6.93. The van der Waals surface area contributed by atoms with Crippen LogP contribution in [0.1, 0.15) is 30.0 Å². The summed E-state index contributed by atoms with van der Waals surface area (Å²) in [6, 6.07) is 7.99. The molecule has 1 unspecified atom stereocenters. The molecular formula is C16H18N4O. The summed E-state index contributed by atoms with van der Waals surface area (Å²) in [6.45, 7) is 6.05. The van der Waals surface area contributed by atoms with Gasteiger partial charge in [-0.25, -0.2) is 9.67 Å².